The maximum atomic E-state index is 12.6. The second-order valence-electron chi connectivity index (χ2n) is 5.87. The van der Waals surface area contributed by atoms with Crippen molar-refractivity contribution in [2.24, 2.45) is 0 Å². The average molecular weight is 369 g/mol. The van der Waals surface area contributed by atoms with Crippen LogP contribution in [0.4, 0.5) is 5.82 Å². The maximum absolute atomic E-state index is 12.6. The van der Waals surface area contributed by atoms with Crippen molar-refractivity contribution in [1.82, 2.24) is 9.55 Å². The minimum absolute atomic E-state index is 0.164. The first kappa shape index (κ1) is 19.7. The third-order valence-corrected chi connectivity index (χ3v) is 4.24. The summed E-state index contributed by atoms with van der Waals surface area (Å²) in [5.74, 6) is -3.07. The van der Waals surface area contributed by atoms with E-state index in [2.05, 4.69) is 4.98 Å². The molecule has 1 fully saturated rings. The lowest BCUT2D eigenvalue weighted by atomic mass is 9.79. The quantitative estimate of drug-likeness (QED) is 0.480. The molecule has 0 bridgehead atoms. The molecule has 1 aromatic rings. The molecule has 1 aromatic heterocycles. The summed E-state index contributed by atoms with van der Waals surface area (Å²) >= 11 is 0. The SMILES string of the molecule is CC(=O)O[C@]1(C(C)=O)[C@H](O)[C@@H](CO)O[C@@]1(C(C)=O)n1ccc(N)nc1=O. The Bertz CT molecular complexity index is 821. The molecular formula is C15H19N3O8. The zero-order valence-electron chi connectivity index (χ0n) is 14.3. The number of hydrogen-bond donors (Lipinski definition) is 3. The van der Waals surface area contributed by atoms with Crippen molar-refractivity contribution in [3.63, 3.8) is 0 Å². The second kappa shape index (κ2) is 6.59. The van der Waals surface area contributed by atoms with Crippen LogP contribution in [0.15, 0.2) is 17.1 Å². The molecule has 1 aliphatic heterocycles. The Balaban J connectivity index is 2.95. The van der Waals surface area contributed by atoms with Gasteiger partial charge in [0, 0.05) is 13.1 Å². The zero-order chi connectivity index (χ0) is 19.9. The molecule has 0 radical (unpaired) electrons. The molecule has 1 aliphatic rings. The number of rotatable bonds is 5. The van der Waals surface area contributed by atoms with Gasteiger partial charge in [0.1, 0.15) is 18.0 Å². The molecule has 0 aliphatic carbocycles. The molecule has 0 amide bonds. The number of aliphatic hydroxyl groups is 2. The Kier molecular flexibility index (Phi) is 4.99. The minimum atomic E-state index is -2.61. The lowest BCUT2D eigenvalue weighted by molar-refractivity contribution is -0.214. The van der Waals surface area contributed by atoms with E-state index in [0.717, 1.165) is 33.0 Å². The van der Waals surface area contributed by atoms with Gasteiger partial charge in [-0.3, -0.25) is 19.0 Å². The van der Waals surface area contributed by atoms with Gasteiger partial charge in [-0.2, -0.15) is 4.98 Å². The van der Waals surface area contributed by atoms with E-state index in [-0.39, 0.29) is 5.82 Å². The van der Waals surface area contributed by atoms with Crippen LogP contribution in [0.2, 0.25) is 0 Å². The molecule has 2 rings (SSSR count). The van der Waals surface area contributed by atoms with Gasteiger partial charge in [0.15, 0.2) is 11.6 Å². The Hall–Kier alpha value is -2.63. The summed E-state index contributed by atoms with van der Waals surface area (Å²) in [5, 5.41) is 20.1. The van der Waals surface area contributed by atoms with Crippen LogP contribution in [0.3, 0.4) is 0 Å². The fourth-order valence-electron chi connectivity index (χ4n) is 3.25. The molecule has 2 heterocycles. The van der Waals surface area contributed by atoms with E-state index in [1.807, 2.05) is 0 Å². The molecule has 0 spiro atoms. The van der Waals surface area contributed by atoms with Gasteiger partial charge in [-0.25, -0.2) is 4.79 Å². The van der Waals surface area contributed by atoms with Crippen molar-refractivity contribution in [2.45, 2.75) is 44.3 Å². The van der Waals surface area contributed by atoms with Gasteiger partial charge in [0.2, 0.25) is 0 Å². The van der Waals surface area contributed by atoms with E-state index < -0.39 is 53.4 Å². The van der Waals surface area contributed by atoms with Gasteiger partial charge in [-0.1, -0.05) is 0 Å². The van der Waals surface area contributed by atoms with Gasteiger partial charge in [-0.15, -0.1) is 0 Å². The molecule has 4 atom stereocenters. The molecule has 1 saturated heterocycles. The van der Waals surface area contributed by atoms with E-state index in [0.29, 0.717) is 4.57 Å². The Morgan fingerprint density at radius 2 is 1.96 bits per heavy atom. The molecule has 0 unspecified atom stereocenters. The first-order valence-corrected chi connectivity index (χ1v) is 7.58. The average Bonchev–Trinajstić information content (AvgIpc) is 2.78. The van der Waals surface area contributed by atoms with Crippen LogP contribution in [0, 0.1) is 0 Å². The second-order valence-corrected chi connectivity index (χ2v) is 5.87. The first-order valence-electron chi connectivity index (χ1n) is 7.58. The fourth-order valence-corrected chi connectivity index (χ4v) is 3.25. The molecular weight excluding hydrogens is 350 g/mol. The highest BCUT2D eigenvalue weighted by Gasteiger charge is 2.75. The topological polar surface area (TPSA) is 171 Å². The summed E-state index contributed by atoms with van der Waals surface area (Å²) in [5.41, 5.74) is -0.823. The third kappa shape index (κ3) is 2.52. The van der Waals surface area contributed by atoms with Gasteiger partial charge >= 0.3 is 11.7 Å². The highest BCUT2D eigenvalue weighted by atomic mass is 16.6. The summed E-state index contributed by atoms with van der Waals surface area (Å²) < 4.78 is 11.2. The van der Waals surface area contributed by atoms with Crippen LogP contribution >= 0.6 is 0 Å². The summed E-state index contributed by atoms with van der Waals surface area (Å²) in [6, 6.07) is 1.16. The highest BCUT2D eigenvalue weighted by Crippen LogP contribution is 2.47. The number of nitrogens with two attached hydrogens (primary N) is 1. The molecule has 11 nitrogen and oxygen atoms in total. The third-order valence-electron chi connectivity index (χ3n) is 4.24. The van der Waals surface area contributed by atoms with E-state index in [1.165, 1.54) is 0 Å². The Labute approximate surface area is 147 Å². The van der Waals surface area contributed by atoms with Gasteiger partial charge in [0.05, 0.1) is 6.61 Å². The monoisotopic (exact) mass is 369 g/mol. The Morgan fingerprint density at radius 3 is 2.38 bits per heavy atom. The number of nitrogens with zero attached hydrogens (tertiary/aromatic N) is 2. The normalized spacial score (nSPS) is 30.8. The Morgan fingerprint density at radius 1 is 1.35 bits per heavy atom. The number of carbonyl (C=O) groups excluding carboxylic acids is 3. The lowest BCUT2D eigenvalue weighted by Crippen LogP contribution is -2.68. The number of anilines is 1. The van der Waals surface area contributed by atoms with Crippen molar-refractivity contribution in [3.8, 4) is 0 Å². The van der Waals surface area contributed by atoms with Gasteiger partial charge in [-0.05, 0) is 19.9 Å². The van der Waals surface area contributed by atoms with Crippen LogP contribution in [-0.4, -0.2) is 61.7 Å². The van der Waals surface area contributed by atoms with Crippen molar-refractivity contribution < 1.29 is 34.1 Å². The van der Waals surface area contributed by atoms with Crippen LogP contribution in [0.25, 0.3) is 0 Å². The standard InChI is InChI=1S/C15H19N3O8/c1-7(20)14(25-9(3)22)12(23)10(6-19)26-15(14,8(2)21)18-5-4-11(16)17-13(18)24/h4-5,10,12,19,23H,6H2,1-3H3,(H2,16,17,24)/t10-,12-,14-,15-/m1/s1. The van der Waals surface area contributed by atoms with Crippen LogP contribution in [-0.2, 0) is 29.6 Å². The van der Waals surface area contributed by atoms with Gasteiger partial charge in [0.25, 0.3) is 11.3 Å². The molecule has 0 saturated carbocycles. The van der Waals surface area contributed by atoms with Crippen LogP contribution in [0.1, 0.15) is 20.8 Å². The highest BCUT2D eigenvalue weighted by molar-refractivity contribution is 5.98. The number of aromatic nitrogens is 2. The number of carbonyl (C=O) groups is 3. The number of Topliss-reactive ketones (excluding diaryl/α,β-unsaturated/α-hetero) is 2. The molecule has 4 N–H and O–H groups in total. The van der Waals surface area contributed by atoms with Gasteiger partial charge < -0.3 is 25.4 Å². The number of hydrogen-bond acceptors (Lipinski definition) is 10. The van der Waals surface area contributed by atoms with E-state index >= 15 is 0 Å². The number of esters is 1. The predicted octanol–water partition coefficient (Wildman–Crippen LogP) is -2.29. The molecule has 11 heteroatoms. The van der Waals surface area contributed by atoms with Crippen molar-refractivity contribution >= 4 is 23.4 Å². The number of nitrogen functional groups attached to an aromatic ring is 1. The van der Waals surface area contributed by atoms with Crippen LogP contribution in [0.5, 0.6) is 0 Å². The molecule has 0 aromatic carbocycles. The summed E-state index contributed by atoms with van der Waals surface area (Å²) in [7, 11) is 0. The predicted molar refractivity (Wildman–Crippen MR) is 84.7 cm³/mol. The summed E-state index contributed by atoms with van der Waals surface area (Å²) in [6.45, 7) is 2.08. The summed E-state index contributed by atoms with van der Waals surface area (Å²) in [6.07, 6.45) is -2.39. The van der Waals surface area contributed by atoms with E-state index in [1.54, 1.807) is 0 Å². The number of ketones is 2. The van der Waals surface area contributed by atoms with Crippen molar-refractivity contribution in [3.05, 3.63) is 22.7 Å². The lowest BCUT2D eigenvalue weighted by Gasteiger charge is -2.41. The van der Waals surface area contributed by atoms with Crippen LogP contribution < -0.4 is 11.4 Å². The van der Waals surface area contributed by atoms with E-state index in [9.17, 15) is 29.4 Å². The largest absolute Gasteiger partial charge is 0.442 e. The minimum Gasteiger partial charge on any atom is -0.442 e. The first-order chi connectivity index (χ1) is 12.0. The molecule has 26 heavy (non-hydrogen) atoms. The van der Waals surface area contributed by atoms with Crippen molar-refractivity contribution in [1.29, 1.82) is 0 Å². The summed E-state index contributed by atoms with van der Waals surface area (Å²) in [4.78, 5) is 52.7. The van der Waals surface area contributed by atoms with E-state index in [4.69, 9.17) is 15.2 Å². The smallest absolute Gasteiger partial charge is 0.352 e. The molecule has 142 valence electrons. The number of ether oxygens (including phenoxy) is 2. The number of aliphatic hydroxyl groups excluding tert-OH is 2. The van der Waals surface area contributed by atoms with Crippen molar-refractivity contribution in [2.75, 3.05) is 12.3 Å². The maximum Gasteiger partial charge on any atom is 0.352 e. The fraction of sp³-hybridized carbons (Fsp3) is 0.533. The zero-order valence-corrected chi connectivity index (χ0v) is 14.3.